The fourth-order valence-corrected chi connectivity index (χ4v) is 3.00. The average molecular weight is 313 g/mol. The van der Waals surface area contributed by atoms with Gasteiger partial charge in [-0.15, -0.1) is 0 Å². The first-order valence-corrected chi connectivity index (χ1v) is 7.70. The number of para-hydroxylation sites is 1. The molecule has 23 heavy (non-hydrogen) atoms. The summed E-state index contributed by atoms with van der Waals surface area (Å²) >= 11 is 0. The summed E-state index contributed by atoms with van der Waals surface area (Å²) in [7, 11) is 0. The van der Waals surface area contributed by atoms with Gasteiger partial charge in [0.1, 0.15) is 0 Å². The van der Waals surface area contributed by atoms with Gasteiger partial charge >= 0.3 is 5.97 Å². The number of aryl methyl sites for hydroxylation is 1. The van der Waals surface area contributed by atoms with Crippen LogP contribution in [0.5, 0.6) is 0 Å². The van der Waals surface area contributed by atoms with Crippen molar-refractivity contribution in [3.63, 3.8) is 0 Å². The molecule has 1 amide bonds. The van der Waals surface area contributed by atoms with Crippen LogP contribution in [0.4, 0.5) is 0 Å². The number of aliphatic carboxylic acids is 1. The lowest BCUT2D eigenvalue weighted by Crippen LogP contribution is -2.33. The maximum atomic E-state index is 12.4. The van der Waals surface area contributed by atoms with Gasteiger partial charge in [0, 0.05) is 12.2 Å². The average Bonchev–Trinajstić information content (AvgIpc) is 3.15. The molecule has 3 rings (SSSR count). The minimum absolute atomic E-state index is 0.0805. The third kappa shape index (κ3) is 3.26. The number of rotatable bonds is 4. The van der Waals surface area contributed by atoms with Crippen LogP contribution in [0.25, 0.3) is 5.69 Å². The van der Waals surface area contributed by atoms with Crippen molar-refractivity contribution >= 4 is 11.9 Å². The van der Waals surface area contributed by atoms with Crippen molar-refractivity contribution < 1.29 is 14.7 Å². The number of carbonyl (C=O) groups excluding carboxylic acids is 1. The molecule has 1 saturated carbocycles. The van der Waals surface area contributed by atoms with E-state index in [1.54, 1.807) is 17.8 Å². The van der Waals surface area contributed by atoms with Gasteiger partial charge in [-0.1, -0.05) is 18.2 Å². The summed E-state index contributed by atoms with van der Waals surface area (Å²) in [5.74, 6) is -1.33. The summed E-state index contributed by atoms with van der Waals surface area (Å²) in [5.41, 5.74) is 2.06. The zero-order valence-electron chi connectivity index (χ0n) is 12.9. The fourth-order valence-electron chi connectivity index (χ4n) is 3.00. The highest BCUT2D eigenvalue weighted by Crippen LogP contribution is 2.26. The number of amides is 1. The van der Waals surface area contributed by atoms with Crippen LogP contribution in [0.15, 0.2) is 36.5 Å². The van der Waals surface area contributed by atoms with Crippen LogP contribution in [0, 0.1) is 12.8 Å². The number of carboxylic acids is 1. The van der Waals surface area contributed by atoms with E-state index >= 15 is 0 Å². The number of hydrogen-bond donors (Lipinski definition) is 2. The molecule has 6 nitrogen and oxygen atoms in total. The van der Waals surface area contributed by atoms with Crippen LogP contribution in [0.1, 0.15) is 35.3 Å². The Kier molecular flexibility index (Phi) is 4.14. The van der Waals surface area contributed by atoms with E-state index < -0.39 is 5.97 Å². The van der Waals surface area contributed by atoms with Gasteiger partial charge in [-0.3, -0.25) is 9.59 Å². The second-order valence-corrected chi connectivity index (χ2v) is 5.93. The molecule has 0 spiro atoms. The van der Waals surface area contributed by atoms with Crippen LogP contribution < -0.4 is 5.32 Å². The van der Waals surface area contributed by atoms with E-state index in [0.717, 1.165) is 5.69 Å². The SMILES string of the molecule is Cc1nn(-c2ccccc2)cc1C(=O)N[C@H]1CC[C@H](C(=O)O)C1. The predicted octanol–water partition coefficient (Wildman–Crippen LogP) is 2.16. The van der Waals surface area contributed by atoms with Crippen molar-refractivity contribution in [3.05, 3.63) is 47.8 Å². The van der Waals surface area contributed by atoms with Crippen LogP contribution in [0.3, 0.4) is 0 Å². The molecule has 120 valence electrons. The van der Waals surface area contributed by atoms with Crippen molar-refractivity contribution in [2.75, 3.05) is 0 Å². The molecule has 1 aliphatic rings. The second kappa shape index (κ2) is 6.24. The van der Waals surface area contributed by atoms with Gasteiger partial charge in [-0.2, -0.15) is 5.10 Å². The van der Waals surface area contributed by atoms with Gasteiger partial charge < -0.3 is 10.4 Å². The van der Waals surface area contributed by atoms with Crippen molar-refractivity contribution in [2.24, 2.45) is 5.92 Å². The van der Waals surface area contributed by atoms with Gasteiger partial charge in [0.2, 0.25) is 0 Å². The van der Waals surface area contributed by atoms with E-state index in [2.05, 4.69) is 10.4 Å². The number of nitrogens with zero attached hydrogens (tertiary/aromatic N) is 2. The molecule has 0 unspecified atom stereocenters. The molecule has 2 N–H and O–H groups in total. The van der Waals surface area contributed by atoms with Crippen LogP contribution in [0.2, 0.25) is 0 Å². The molecule has 6 heteroatoms. The van der Waals surface area contributed by atoms with E-state index in [1.807, 2.05) is 30.3 Å². The minimum atomic E-state index is -0.783. The van der Waals surface area contributed by atoms with Crippen molar-refractivity contribution in [1.82, 2.24) is 15.1 Å². The number of aromatic nitrogens is 2. The van der Waals surface area contributed by atoms with Crippen LogP contribution >= 0.6 is 0 Å². The first kappa shape index (κ1) is 15.3. The highest BCUT2D eigenvalue weighted by molar-refractivity contribution is 5.95. The zero-order chi connectivity index (χ0) is 16.4. The Bertz CT molecular complexity index is 724. The lowest BCUT2D eigenvalue weighted by atomic mass is 10.1. The lowest BCUT2D eigenvalue weighted by molar-refractivity contribution is -0.141. The quantitative estimate of drug-likeness (QED) is 0.906. The highest BCUT2D eigenvalue weighted by atomic mass is 16.4. The normalized spacial score (nSPS) is 20.4. The largest absolute Gasteiger partial charge is 0.481 e. The van der Waals surface area contributed by atoms with Gasteiger partial charge in [0.25, 0.3) is 5.91 Å². The van der Waals surface area contributed by atoms with Gasteiger partial charge in [0.15, 0.2) is 0 Å². The smallest absolute Gasteiger partial charge is 0.306 e. The Morgan fingerprint density at radius 1 is 1.26 bits per heavy atom. The monoisotopic (exact) mass is 313 g/mol. The Hall–Kier alpha value is -2.63. The Morgan fingerprint density at radius 3 is 2.65 bits per heavy atom. The van der Waals surface area contributed by atoms with Crippen LogP contribution in [-0.4, -0.2) is 32.8 Å². The van der Waals surface area contributed by atoms with E-state index in [1.165, 1.54) is 0 Å². The van der Waals surface area contributed by atoms with Gasteiger partial charge in [-0.05, 0) is 38.3 Å². The van der Waals surface area contributed by atoms with Gasteiger partial charge in [-0.25, -0.2) is 4.68 Å². The molecular formula is C17H19N3O3. The molecule has 1 fully saturated rings. The molecule has 0 bridgehead atoms. The lowest BCUT2D eigenvalue weighted by Gasteiger charge is -2.11. The summed E-state index contributed by atoms with van der Waals surface area (Å²) in [5, 5.41) is 16.3. The number of nitrogens with one attached hydrogen (secondary N) is 1. The van der Waals surface area contributed by atoms with E-state index in [0.29, 0.717) is 30.5 Å². The maximum absolute atomic E-state index is 12.4. The first-order chi connectivity index (χ1) is 11.0. The summed E-state index contributed by atoms with van der Waals surface area (Å²) in [6.07, 6.45) is 3.52. The highest BCUT2D eigenvalue weighted by Gasteiger charge is 2.31. The number of hydrogen-bond acceptors (Lipinski definition) is 3. The molecule has 2 atom stereocenters. The molecule has 0 radical (unpaired) electrons. The Morgan fingerprint density at radius 2 is 2.00 bits per heavy atom. The topological polar surface area (TPSA) is 84.2 Å². The molecule has 0 aliphatic heterocycles. The Labute approximate surface area is 134 Å². The summed E-state index contributed by atoms with van der Waals surface area (Å²) in [4.78, 5) is 23.4. The maximum Gasteiger partial charge on any atom is 0.306 e. The number of carboxylic acid groups (broad SMARTS) is 1. The molecule has 1 aromatic carbocycles. The third-order valence-corrected chi connectivity index (χ3v) is 4.28. The second-order valence-electron chi connectivity index (χ2n) is 5.93. The van der Waals surface area contributed by atoms with E-state index in [9.17, 15) is 9.59 Å². The van der Waals surface area contributed by atoms with Crippen molar-refractivity contribution in [1.29, 1.82) is 0 Å². The van der Waals surface area contributed by atoms with E-state index in [-0.39, 0.29) is 17.9 Å². The minimum Gasteiger partial charge on any atom is -0.481 e. The van der Waals surface area contributed by atoms with E-state index in [4.69, 9.17) is 5.11 Å². The summed E-state index contributed by atoms with van der Waals surface area (Å²) in [6, 6.07) is 9.51. The molecular weight excluding hydrogens is 294 g/mol. The molecule has 2 aromatic rings. The first-order valence-electron chi connectivity index (χ1n) is 7.70. The molecule has 1 aromatic heterocycles. The fraction of sp³-hybridized carbons (Fsp3) is 0.353. The standard InChI is InChI=1S/C17H19N3O3/c1-11-15(10-20(19-11)14-5-3-2-4-6-14)16(21)18-13-8-7-12(9-13)17(22)23/h2-6,10,12-13H,7-9H2,1H3,(H,18,21)(H,22,23)/t12-,13-/m0/s1. The zero-order valence-corrected chi connectivity index (χ0v) is 12.9. The summed E-state index contributed by atoms with van der Waals surface area (Å²) in [6.45, 7) is 1.79. The summed E-state index contributed by atoms with van der Waals surface area (Å²) < 4.78 is 1.68. The third-order valence-electron chi connectivity index (χ3n) is 4.28. The van der Waals surface area contributed by atoms with Crippen molar-refractivity contribution in [2.45, 2.75) is 32.2 Å². The predicted molar refractivity (Wildman–Crippen MR) is 84.5 cm³/mol. The number of carbonyl (C=O) groups is 2. The Balaban J connectivity index is 1.71. The molecule has 1 heterocycles. The molecule has 0 saturated heterocycles. The van der Waals surface area contributed by atoms with Crippen LogP contribution in [-0.2, 0) is 4.79 Å². The molecule has 1 aliphatic carbocycles. The van der Waals surface area contributed by atoms with Gasteiger partial charge in [0.05, 0.1) is 22.9 Å². The van der Waals surface area contributed by atoms with Crippen molar-refractivity contribution in [3.8, 4) is 5.69 Å². The number of benzene rings is 1.